The zero-order valence-corrected chi connectivity index (χ0v) is 16.6. The van der Waals surface area contributed by atoms with Crippen LogP contribution in [0.4, 0.5) is 19.3 Å². The molecule has 5 rings (SSSR count). The molecule has 9 heteroatoms. The maximum absolute atomic E-state index is 14.5. The Morgan fingerprint density at radius 3 is 2.65 bits per heavy atom. The topological polar surface area (TPSA) is 75.4 Å². The largest absolute Gasteiger partial charge is 0.322 e. The summed E-state index contributed by atoms with van der Waals surface area (Å²) in [6.07, 6.45) is 3.46. The molecule has 1 saturated heterocycles. The molecule has 0 aliphatic carbocycles. The van der Waals surface area contributed by atoms with Gasteiger partial charge in [-0.3, -0.25) is 0 Å². The summed E-state index contributed by atoms with van der Waals surface area (Å²) in [6.45, 7) is 1.49. The lowest BCUT2D eigenvalue weighted by Crippen LogP contribution is -2.60. The summed E-state index contributed by atoms with van der Waals surface area (Å²) in [5, 5.41) is 7.02. The number of nitrogens with zero attached hydrogens (tertiary/aromatic N) is 5. The van der Waals surface area contributed by atoms with Crippen molar-refractivity contribution in [2.75, 3.05) is 18.4 Å². The van der Waals surface area contributed by atoms with Gasteiger partial charge in [0.05, 0.1) is 18.7 Å². The van der Waals surface area contributed by atoms with Crippen LogP contribution in [0.15, 0.2) is 60.9 Å². The van der Waals surface area contributed by atoms with Gasteiger partial charge < -0.3 is 10.2 Å². The molecule has 0 saturated carbocycles. The zero-order valence-electron chi connectivity index (χ0n) is 16.6. The normalized spacial score (nSPS) is 15.0. The monoisotopic (exact) mass is 420 g/mol. The Hall–Kier alpha value is -3.88. The smallest absolute Gasteiger partial charge is 0.318 e. The van der Waals surface area contributed by atoms with Gasteiger partial charge in [-0.15, -0.1) is 5.10 Å². The predicted molar refractivity (Wildman–Crippen MR) is 112 cm³/mol. The van der Waals surface area contributed by atoms with Crippen molar-refractivity contribution < 1.29 is 13.6 Å². The Morgan fingerprint density at radius 1 is 1.13 bits per heavy atom. The van der Waals surface area contributed by atoms with Crippen LogP contribution in [0.25, 0.3) is 28.3 Å². The second-order valence-electron chi connectivity index (χ2n) is 7.78. The minimum Gasteiger partial charge on any atom is -0.318 e. The molecule has 1 N–H and O–H groups in total. The minimum atomic E-state index is -1.36. The van der Waals surface area contributed by atoms with Crippen LogP contribution in [0, 0.1) is 5.82 Å². The fourth-order valence-corrected chi connectivity index (χ4v) is 3.55. The average molecular weight is 420 g/mol. The van der Waals surface area contributed by atoms with E-state index in [1.165, 1.54) is 34.5 Å². The molecule has 1 aliphatic rings. The highest BCUT2D eigenvalue weighted by Gasteiger charge is 2.41. The number of amides is 2. The van der Waals surface area contributed by atoms with Crippen LogP contribution in [0.1, 0.15) is 6.92 Å². The summed E-state index contributed by atoms with van der Waals surface area (Å²) < 4.78 is 29.6. The number of hydrogen-bond acceptors (Lipinski definition) is 4. The molecule has 2 aromatic carbocycles. The van der Waals surface area contributed by atoms with Crippen molar-refractivity contribution in [3.8, 4) is 22.5 Å². The van der Waals surface area contributed by atoms with Gasteiger partial charge in [-0.2, -0.15) is 4.98 Å². The lowest BCUT2D eigenvalue weighted by Gasteiger charge is -2.41. The number of nitrogens with one attached hydrogen (secondary N) is 1. The van der Waals surface area contributed by atoms with Gasteiger partial charge in [-0.1, -0.05) is 30.3 Å². The fraction of sp³-hybridized carbons (Fsp3) is 0.182. The highest BCUT2D eigenvalue weighted by atomic mass is 19.1. The Bertz CT molecular complexity index is 1280. The Morgan fingerprint density at radius 2 is 1.90 bits per heavy atom. The molecule has 0 radical (unpaired) electrons. The number of hydrogen-bond donors (Lipinski definition) is 1. The van der Waals surface area contributed by atoms with E-state index in [4.69, 9.17) is 0 Å². The van der Waals surface area contributed by atoms with Gasteiger partial charge >= 0.3 is 6.03 Å². The molecule has 0 unspecified atom stereocenters. The Balaban J connectivity index is 1.43. The molecule has 1 fully saturated rings. The molecule has 0 bridgehead atoms. The van der Waals surface area contributed by atoms with Crippen molar-refractivity contribution >= 4 is 17.5 Å². The van der Waals surface area contributed by atoms with E-state index in [9.17, 15) is 13.6 Å². The molecule has 1 aliphatic heterocycles. The first-order chi connectivity index (χ1) is 14.9. The average Bonchev–Trinajstić information content (AvgIpc) is 3.17. The van der Waals surface area contributed by atoms with Crippen LogP contribution in [-0.2, 0) is 0 Å². The maximum atomic E-state index is 14.5. The molecule has 4 aromatic rings. The number of fused-ring (bicyclic) bond motifs is 1. The Kier molecular flexibility index (Phi) is 4.39. The second-order valence-corrected chi connectivity index (χ2v) is 7.78. The van der Waals surface area contributed by atoms with E-state index in [1.54, 1.807) is 12.4 Å². The van der Waals surface area contributed by atoms with E-state index in [0.717, 1.165) is 11.1 Å². The number of carbonyl (C=O) groups excluding carboxylic acids is 1. The lowest BCUT2D eigenvalue weighted by molar-refractivity contribution is 0.0144. The molecule has 0 atom stereocenters. The van der Waals surface area contributed by atoms with E-state index >= 15 is 0 Å². The maximum Gasteiger partial charge on any atom is 0.322 e. The van der Waals surface area contributed by atoms with Crippen molar-refractivity contribution in [1.29, 1.82) is 0 Å². The van der Waals surface area contributed by atoms with Crippen LogP contribution in [0.2, 0.25) is 0 Å². The van der Waals surface area contributed by atoms with E-state index in [1.807, 2.05) is 30.3 Å². The first kappa shape index (κ1) is 19.1. The summed E-state index contributed by atoms with van der Waals surface area (Å²) in [5.41, 5.74) is 0.951. The number of carbonyl (C=O) groups is 1. The van der Waals surface area contributed by atoms with E-state index < -0.39 is 17.5 Å². The molecule has 31 heavy (non-hydrogen) atoms. The molecular formula is C22H18F2N6O. The van der Waals surface area contributed by atoms with Gasteiger partial charge in [-0.25, -0.2) is 23.1 Å². The Labute approximate surface area is 176 Å². The molecule has 3 heterocycles. The number of aromatic nitrogens is 4. The lowest BCUT2D eigenvalue weighted by atomic mass is 10.00. The number of urea groups is 1. The molecule has 2 aromatic heterocycles. The number of rotatable bonds is 3. The van der Waals surface area contributed by atoms with Gasteiger partial charge in [0, 0.05) is 23.6 Å². The van der Waals surface area contributed by atoms with Gasteiger partial charge in [0.15, 0.2) is 5.82 Å². The van der Waals surface area contributed by atoms with Crippen molar-refractivity contribution in [3.05, 3.63) is 66.7 Å². The summed E-state index contributed by atoms with van der Waals surface area (Å²) in [6, 6.07) is 13.4. The van der Waals surface area contributed by atoms with Crippen LogP contribution < -0.4 is 5.32 Å². The first-order valence-corrected chi connectivity index (χ1v) is 9.71. The van der Waals surface area contributed by atoms with Gasteiger partial charge in [0.25, 0.3) is 5.78 Å². The number of alkyl halides is 1. The molecular weight excluding hydrogens is 402 g/mol. The first-order valence-electron chi connectivity index (χ1n) is 9.71. The van der Waals surface area contributed by atoms with Gasteiger partial charge in [0.2, 0.25) is 0 Å². The third-order valence-electron chi connectivity index (χ3n) is 5.09. The standard InChI is InChI=1S/C22H18F2N6O/c1-22(24)12-29(13-22)21(31)26-16-7-8-18(23)17(9-16)19-27-20-25-10-15(11-30(20)28-19)14-5-3-2-4-6-14/h2-11H,12-13H2,1H3,(H,26,31). The number of anilines is 1. The van der Waals surface area contributed by atoms with Crippen LogP contribution in [-0.4, -0.2) is 49.3 Å². The molecule has 156 valence electrons. The third-order valence-corrected chi connectivity index (χ3v) is 5.09. The SMILES string of the molecule is CC1(F)CN(C(=O)Nc2ccc(F)c(-c3nc4ncc(-c5ccccc5)cn4n3)c2)C1. The predicted octanol–water partition coefficient (Wildman–Crippen LogP) is 4.17. The minimum absolute atomic E-state index is 0.0241. The van der Waals surface area contributed by atoms with Crippen molar-refractivity contribution in [3.63, 3.8) is 0 Å². The highest BCUT2D eigenvalue weighted by Crippen LogP contribution is 2.27. The number of likely N-dealkylation sites (tertiary alicyclic amines) is 1. The molecule has 2 amide bonds. The molecule has 7 nitrogen and oxygen atoms in total. The van der Waals surface area contributed by atoms with Gasteiger partial charge in [-0.05, 0) is 30.7 Å². The quantitative estimate of drug-likeness (QED) is 0.540. The van der Waals surface area contributed by atoms with Crippen molar-refractivity contribution in [2.45, 2.75) is 12.6 Å². The van der Waals surface area contributed by atoms with E-state index in [2.05, 4.69) is 20.4 Å². The van der Waals surface area contributed by atoms with Gasteiger partial charge in [0.1, 0.15) is 11.5 Å². The van der Waals surface area contributed by atoms with E-state index in [0.29, 0.717) is 11.5 Å². The molecule has 0 spiro atoms. The third kappa shape index (κ3) is 3.70. The number of benzene rings is 2. The van der Waals surface area contributed by atoms with Crippen LogP contribution in [0.3, 0.4) is 0 Å². The summed E-state index contributed by atoms with van der Waals surface area (Å²) >= 11 is 0. The summed E-state index contributed by atoms with van der Waals surface area (Å²) in [4.78, 5) is 22.2. The summed E-state index contributed by atoms with van der Waals surface area (Å²) in [5.74, 6) is -0.0598. The second kappa shape index (κ2) is 7.12. The van der Waals surface area contributed by atoms with E-state index in [-0.39, 0.29) is 24.5 Å². The van der Waals surface area contributed by atoms with Crippen LogP contribution >= 0.6 is 0 Å². The van der Waals surface area contributed by atoms with Crippen molar-refractivity contribution in [2.24, 2.45) is 0 Å². The van der Waals surface area contributed by atoms with Crippen LogP contribution in [0.5, 0.6) is 0 Å². The zero-order chi connectivity index (χ0) is 21.6. The summed E-state index contributed by atoms with van der Waals surface area (Å²) in [7, 11) is 0. The van der Waals surface area contributed by atoms with Crippen molar-refractivity contribution in [1.82, 2.24) is 24.5 Å². The fourth-order valence-electron chi connectivity index (χ4n) is 3.55. The number of halogens is 2. The highest BCUT2D eigenvalue weighted by molar-refractivity contribution is 5.90.